The summed E-state index contributed by atoms with van der Waals surface area (Å²) in [7, 11) is 1.51. The molecule has 2 heterocycles. The number of methoxy groups -OCH3 is 1. The molecule has 8 nitrogen and oxygen atoms in total. The Hall–Kier alpha value is -3.33. The van der Waals surface area contributed by atoms with E-state index in [1.54, 1.807) is 54.6 Å². The standard InChI is InChI=1S/C26H23Cl2N3O5/c1-14-23(24(31(33)34)26(30-14)17-5-3-4-6-20(17)29-25(26)32)16-8-10-21(22(12-16)35-2)36-13-15-7-9-18(27)19(28)11-15/h3-12,14,23-24,30H,13H2,1-2H3,(H,29,32)/t14-,23-,24-,26-/m0/s1. The van der Waals surface area contributed by atoms with Gasteiger partial charge in [-0.1, -0.05) is 53.5 Å². The van der Waals surface area contributed by atoms with Crippen LogP contribution in [-0.2, 0) is 16.9 Å². The number of nitro groups is 1. The summed E-state index contributed by atoms with van der Waals surface area (Å²) in [5, 5.41) is 19.5. The minimum atomic E-state index is -1.47. The topological polar surface area (TPSA) is 103 Å². The van der Waals surface area contributed by atoms with Gasteiger partial charge in [-0.3, -0.25) is 20.2 Å². The number of rotatable bonds is 6. The Morgan fingerprint density at radius 2 is 1.83 bits per heavy atom. The van der Waals surface area contributed by atoms with Gasteiger partial charge in [-0.05, 0) is 48.4 Å². The highest BCUT2D eigenvalue weighted by molar-refractivity contribution is 6.42. The van der Waals surface area contributed by atoms with Crippen LogP contribution in [0.3, 0.4) is 0 Å². The summed E-state index contributed by atoms with van der Waals surface area (Å²) in [5.74, 6) is -0.121. The molecule has 3 aromatic rings. The number of carbonyl (C=O) groups is 1. The number of hydrogen-bond acceptors (Lipinski definition) is 6. The normalized spacial score (nSPS) is 24.4. The molecule has 0 saturated carbocycles. The molecule has 0 bridgehead atoms. The van der Waals surface area contributed by atoms with Crippen LogP contribution in [0, 0.1) is 10.1 Å². The number of anilines is 1. The zero-order chi connectivity index (χ0) is 25.6. The number of hydrogen-bond donors (Lipinski definition) is 2. The maximum absolute atomic E-state index is 13.2. The highest BCUT2D eigenvalue weighted by Gasteiger charge is 2.67. The fraction of sp³-hybridized carbons (Fsp3) is 0.269. The zero-order valence-electron chi connectivity index (χ0n) is 19.5. The van der Waals surface area contributed by atoms with Gasteiger partial charge in [0.1, 0.15) is 6.61 Å². The van der Waals surface area contributed by atoms with Gasteiger partial charge in [0.2, 0.25) is 0 Å². The quantitative estimate of drug-likeness (QED) is 0.339. The first-order valence-electron chi connectivity index (χ1n) is 11.3. The van der Waals surface area contributed by atoms with E-state index in [9.17, 15) is 14.9 Å². The summed E-state index contributed by atoms with van der Waals surface area (Å²) in [6.45, 7) is 2.08. The van der Waals surface area contributed by atoms with Crippen LogP contribution in [-0.4, -0.2) is 30.0 Å². The summed E-state index contributed by atoms with van der Waals surface area (Å²) in [6, 6.07) is 15.9. The summed E-state index contributed by atoms with van der Waals surface area (Å²) in [5.41, 5.74) is 1.19. The lowest BCUT2D eigenvalue weighted by atomic mass is 9.78. The number of para-hydroxylation sites is 1. The Balaban J connectivity index is 1.48. The molecule has 36 heavy (non-hydrogen) atoms. The van der Waals surface area contributed by atoms with Crippen molar-refractivity contribution in [2.75, 3.05) is 12.4 Å². The summed E-state index contributed by atoms with van der Waals surface area (Å²) < 4.78 is 11.5. The molecule has 0 aliphatic carbocycles. The van der Waals surface area contributed by atoms with Crippen molar-refractivity contribution in [1.29, 1.82) is 0 Å². The molecule has 186 valence electrons. The van der Waals surface area contributed by atoms with Crippen LogP contribution in [0.25, 0.3) is 0 Å². The summed E-state index contributed by atoms with van der Waals surface area (Å²) in [6.07, 6.45) is 0. The number of benzene rings is 3. The minimum absolute atomic E-state index is 0.228. The van der Waals surface area contributed by atoms with E-state index in [1.165, 1.54) is 7.11 Å². The smallest absolute Gasteiger partial charge is 0.256 e. The van der Waals surface area contributed by atoms with Gasteiger partial charge in [0, 0.05) is 22.2 Å². The first kappa shape index (κ1) is 24.4. The molecule has 0 aromatic heterocycles. The van der Waals surface area contributed by atoms with Gasteiger partial charge < -0.3 is 14.8 Å². The number of halogens is 2. The van der Waals surface area contributed by atoms with Crippen molar-refractivity contribution >= 4 is 34.8 Å². The van der Waals surface area contributed by atoms with E-state index in [4.69, 9.17) is 32.7 Å². The third kappa shape index (κ3) is 3.86. The number of ether oxygens (including phenoxy) is 2. The number of nitrogens with zero attached hydrogens (tertiary/aromatic N) is 1. The van der Waals surface area contributed by atoms with Gasteiger partial charge in [0.25, 0.3) is 11.9 Å². The number of fused-ring (bicyclic) bond motifs is 2. The Labute approximate surface area is 217 Å². The second-order valence-corrected chi connectivity index (χ2v) is 9.76. The Morgan fingerprint density at radius 3 is 2.56 bits per heavy atom. The summed E-state index contributed by atoms with van der Waals surface area (Å²) >= 11 is 12.1. The summed E-state index contributed by atoms with van der Waals surface area (Å²) in [4.78, 5) is 25.3. The van der Waals surface area contributed by atoms with E-state index in [2.05, 4.69) is 10.6 Å². The molecule has 1 spiro atoms. The molecule has 1 amide bonds. The molecule has 2 aliphatic rings. The van der Waals surface area contributed by atoms with Crippen molar-refractivity contribution in [3.05, 3.63) is 97.5 Å². The third-order valence-electron chi connectivity index (χ3n) is 6.91. The maximum Gasteiger partial charge on any atom is 0.256 e. The average Bonchev–Trinajstić information content (AvgIpc) is 3.33. The van der Waals surface area contributed by atoms with E-state index in [0.29, 0.717) is 38.4 Å². The van der Waals surface area contributed by atoms with Crippen LogP contribution in [0.5, 0.6) is 11.5 Å². The SMILES string of the molecule is COc1cc([C@@H]2[C@H](C)N[C@]3(C(=O)Nc4ccccc43)[C@H]2[N+](=O)[O-])ccc1OCc1ccc(Cl)c(Cl)c1. The minimum Gasteiger partial charge on any atom is -0.493 e. The van der Waals surface area contributed by atoms with Gasteiger partial charge in [-0.2, -0.15) is 0 Å². The molecule has 3 aromatic carbocycles. The molecule has 2 N–H and O–H groups in total. The lowest BCUT2D eigenvalue weighted by Gasteiger charge is -2.25. The first-order chi connectivity index (χ1) is 17.3. The molecule has 1 fully saturated rings. The van der Waals surface area contributed by atoms with Crippen molar-refractivity contribution in [2.24, 2.45) is 0 Å². The lowest BCUT2D eigenvalue weighted by Crippen LogP contribution is -2.54. The van der Waals surface area contributed by atoms with E-state index in [-0.39, 0.29) is 17.6 Å². The molecular formula is C26H23Cl2N3O5. The predicted octanol–water partition coefficient (Wildman–Crippen LogP) is 5.15. The fourth-order valence-electron chi connectivity index (χ4n) is 5.35. The average molecular weight is 528 g/mol. The second kappa shape index (κ2) is 9.28. The van der Waals surface area contributed by atoms with Gasteiger partial charge in [0.05, 0.1) is 23.1 Å². The molecule has 1 saturated heterocycles. The Bertz CT molecular complexity index is 1370. The van der Waals surface area contributed by atoms with Crippen LogP contribution in [0.15, 0.2) is 60.7 Å². The first-order valence-corrected chi connectivity index (χ1v) is 12.1. The second-order valence-electron chi connectivity index (χ2n) is 8.94. The van der Waals surface area contributed by atoms with Crippen LogP contribution >= 0.6 is 23.2 Å². The van der Waals surface area contributed by atoms with E-state index in [0.717, 1.165) is 5.56 Å². The van der Waals surface area contributed by atoms with Gasteiger partial charge in [0.15, 0.2) is 17.0 Å². The van der Waals surface area contributed by atoms with Gasteiger partial charge >= 0.3 is 0 Å². The molecule has 5 rings (SSSR count). The number of nitrogens with one attached hydrogen (secondary N) is 2. The lowest BCUT2D eigenvalue weighted by molar-refractivity contribution is -0.532. The zero-order valence-corrected chi connectivity index (χ0v) is 21.0. The van der Waals surface area contributed by atoms with Crippen LogP contribution in [0.2, 0.25) is 10.0 Å². The molecule has 2 aliphatic heterocycles. The Morgan fingerprint density at radius 1 is 1.06 bits per heavy atom. The molecule has 0 radical (unpaired) electrons. The number of amides is 1. The largest absolute Gasteiger partial charge is 0.493 e. The predicted molar refractivity (Wildman–Crippen MR) is 137 cm³/mol. The molecule has 4 atom stereocenters. The fourth-order valence-corrected chi connectivity index (χ4v) is 5.68. The van der Waals surface area contributed by atoms with Crippen molar-refractivity contribution in [3.8, 4) is 11.5 Å². The van der Waals surface area contributed by atoms with E-state index >= 15 is 0 Å². The van der Waals surface area contributed by atoms with Crippen LogP contribution in [0.4, 0.5) is 5.69 Å². The highest BCUT2D eigenvalue weighted by Crippen LogP contribution is 2.50. The number of carbonyl (C=O) groups excluding carboxylic acids is 1. The molecular weight excluding hydrogens is 505 g/mol. The monoisotopic (exact) mass is 527 g/mol. The van der Waals surface area contributed by atoms with Gasteiger partial charge in [-0.25, -0.2) is 0 Å². The maximum atomic E-state index is 13.2. The van der Waals surface area contributed by atoms with Crippen LogP contribution < -0.4 is 20.1 Å². The van der Waals surface area contributed by atoms with E-state index < -0.39 is 23.4 Å². The van der Waals surface area contributed by atoms with Gasteiger partial charge in [-0.15, -0.1) is 0 Å². The van der Waals surface area contributed by atoms with Crippen LogP contribution in [0.1, 0.15) is 29.5 Å². The molecule has 10 heteroatoms. The highest BCUT2D eigenvalue weighted by atomic mass is 35.5. The molecule has 0 unspecified atom stereocenters. The third-order valence-corrected chi connectivity index (χ3v) is 7.65. The van der Waals surface area contributed by atoms with E-state index in [1.807, 2.05) is 13.0 Å². The van der Waals surface area contributed by atoms with Crippen molar-refractivity contribution in [1.82, 2.24) is 5.32 Å². The van der Waals surface area contributed by atoms with Crippen molar-refractivity contribution < 1.29 is 19.2 Å². The van der Waals surface area contributed by atoms with Crippen molar-refractivity contribution in [3.63, 3.8) is 0 Å². The Kier molecular flexibility index (Phi) is 6.28. The van der Waals surface area contributed by atoms with Crippen molar-refractivity contribution in [2.45, 2.75) is 37.1 Å².